The van der Waals surface area contributed by atoms with E-state index in [2.05, 4.69) is 5.32 Å². The first-order valence-corrected chi connectivity index (χ1v) is 3.88. The summed E-state index contributed by atoms with van der Waals surface area (Å²) >= 11 is 0. The predicted octanol–water partition coefficient (Wildman–Crippen LogP) is -0.676. The fourth-order valence-electron chi connectivity index (χ4n) is 1.73. The van der Waals surface area contributed by atoms with Crippen LogP contribution in [0, 0.1) is 5.41 Å². The van der Waals surface area contributed by atoms with E-state index in [1.54, 1.807) is 0 Å². The quantitative estimate of drug-likeness (QED) is 0.471. The average molecular weight is 142 g/mol. The molecule has 0 bridgehead atoms. The second-order valence-corrected chi connectivity index (χ2v) is 3.40. The van der Waals surface area contributed by atoms with Gasteiger partial charge in [-0.15, -0.1) is 0 Å². The summed E-state index contributed by atoms with van der Waals surface area (Å²) in [6.07, 6.45) is 1.14. The lowest BCUT2D eigenvalue weighted by molar-refractivity contribution is -0.0323. The SMILES string of the molecule is N[C@H]1COCCC12CNC2. The molecule has 2 aliphatic heterocycles. The molecule has 10 heavy (non-hydrogen) atoms. The van der Waals surface area contributed by atoms with Gasteiger partial charge in [-0.25, -0.2) is 0 Å². The average Bonchev–Trinajstić information content (AvgIpc) is 1.85. The Morgan fingerprint density at radius 1 is 1.50 bits per heavy atom. The highest BCUT2D eigenvalue weighted by molar-refractivity contribution is 5.01. The van der Waals surface area contributed by atoms with Crippen molar-refractivity contribution in [3.05, 3.63) is 0 Å². The first-order chi connectivity index (χ1) is 4.83. The summed E-state index contributed by atoms with van der Waals surface area (Å²) in [7, 11) is 0. The molecule has 2 rings (SSSR count). The molecule has 0 aromatic rings. The summed E-state index contributed by atoms with van der Waals surface area (Å²) in [4.78, 5) is 0. The van der Waals surface area contributed by atoms with E-state index in [-0.39, 0.29) is 6.04 Å². The lowest BCUT2D eigenvalue weighted by Gasteiger charge is -2.49. The first kappa shape index (κ1) is 6.58. The summed E-state index contributed by atoms with van der Waals surface area (Å²) in [5, 5.41) is 3.27. The summed E-state index contributed by atoms with van der Waals surface area (Å²) in [6.45, 7) is 3.84. The van der Waals surface area contributed by atoms with E-state index >= 15 is 0 Å². The van der Waals surface area contributed by atoms with Gasteiger partial charge in [-0.3, -0.25) is 0 Å². The van der Waals surface area contributed by atoms with Crippen LogP contribution in [-0.2, 0) is 4.74 Å². The lowest BCUT2D eigenvalue weighted by Crippen LogP contribution is -2.65. The van der Waals surface area contributed by atoms with E-state index in [4.69, 9.17) is 10.5 Å². The van der Waals surface area contributed by atoms with Gasteiger partial charge in [0.15, 0.2) is 0 Å². The van der Waals surface area contributed by atoms with Gasteiger partial charge in [0.25, 0.3) is 0 Å². The minimum atomic E-state index is 0.266. The van der Waals surface area contributed by atoms with Gasteiger partial charge in [0.2, 0.25) is 0 Å². The molecule has 3 N–H and O–H groups in total. The zero-order valence-corrected chi connectivity index (χ0v) is 6.10. The Balaban J connectivity index is 2.03. The monoisotopic (exact) mass is 142 g/mol. The van der Waals surface area contributed by atoms with E-state index in [9.17, 15) is 0 Å². The zero-order chi connectivity index (χ0) is 7.03. The van der Waals surface area contributed by atoms with Gasteiger partial charge in [0.1, 0.15) is 0 Å². The van der Waals surface area contributed by atoms with Crippen molar-refractivity contribution in [1.29, 1.82) is 0 Å². The zero-order valence-electron chi connectivity index (χ0n) is 6.10. The standard InChI is InChI=1S/C7H14N2O/c8-6-3-10-2-1-7(6)4-9-5-7/h6,9H,1-5,8H2/t6-/m0/s1. The number of nitrogens with two attached hydrogens (primary N) is 1. The molecule has 0 aliphatic carbocycles. The third-order valence-electron chi connectivity index (χ3n) is 2.78. The van der Waals surface area contributed by atoms with Crippen LogP contribution in [0.15, 0.2) is 0 Å². The van der Waals surface area contributed by atoms with Crippen molar-refractivity contribution in [2.45, 2.75) is 12.5 Å². The second-order valence-electron chi connectivity index (χ2n) is 3.40. The fourth-order valence-corrected chi connectivity index (χ4v) is 1.73. The van der Waals surface area contributed by atoms with Gasteiger partial charge < -0.3 is 15.8 Å². The minimum Gasteiger partial charge on any atom is -0.380 e. The molecule has 58 valence electrons. The Labute approximate surface area is 60.9 Å². The minimum absolute atomic E-state index is 0.266. The van der Waals surface area contributed by atoms with E-state index in [1.807, 2.05) is 0 Å². The maximum Gasteiger partial charge on any atom is 0.0623 e. The van der Waals surface area contributed by atoms with Crippen molar-refractivity contribution in [2.75, 3.05) is 26.3 Å². The highest BCUT2D eigenvalue weighted by Gasteiger charge is 2.44. The maximum absolute atomic E-state index is 5.91. The van der Waals surface area contributed by atoms with E-state index in [1.165, 1.54) is 0 Å². The largest absolute Gasteiger partial charge is 0.380 e. The predicted molar refractivity (Wildman–Crippen MR) is 38.7 cm³/mol. The molecular formula is C7H14N2O. The van der Waals surface area contributed by atoms with Gasteiger partial charge in [-0.2, -0.15) is 0 Å². The summed E-state index contributed by atoms with van der Waals surface area (Å²) in [6, 6.07) is 0.266. The summed E-state index contributed by atoms with van der Waals surface area (Å²) < 4.78 is 5.26. The normalized spacial score (nSPS) is 37.5. The smallest absolute Gasteiger partial charge is 0.0623 e. The van der Waals surface area contributed by atoms with Crippen LogP contribution in [0.4, 0.5) is 0 Å². The van der Waals surface area contributed by atoms with Crippen LogP contribution in [0.25, 0.3) is 0 Å². The Kier molecular flexibility index (Phi) is 1.44. The molecule has 3 heteroatoms. The molecule has 1 atom stereocenters. The van der Waals surface area contributed by atoms with E-state index < -0.39 is 0 Å². The molecule has 2 aliphatic rings. The lowest BCUT2D eigenvalue weighted by atomic mass is 9.72. The molecule has 3 nitrogen and oxygen atoms in total. The molecule has 0 aromatic heterocycles. The Hall–Kier alpha value is -0.120. The van der Waals surface area contributed by atoms with E-state index in [0.717, 1.165) is 32.7 Å². The van der Waals surface area contributed by atoms with Crippen molar-refractivity contribution in [2.24, 2.45) is 11.1 Å². The van der Waals surface area contributed by atoms with Crippen LogP contribution in [0.1, 0.15) is 6.42 Å². The van der Waals surface area contributed by atoms with Gasteiger partial charge in [0, 0.05) is 31.2 Å². The fraction of sp³-hybridized carbons (Fsp3) is 1.00. The Morgan fingerprint density at radius 2 is 2.30 bits per heavy atom. The molecule has 1 spiro atoms. The number of ether oxygens (including phenoxy) is 1. The molecule has 2 fully saturated rings. The summed E-state index contributed by atoms with van der Waals surface area (Å²) in [5.41, 5.74) is 6.31. The van der Waals surface area contributed by atoms with Gasteiger partial charge in [-0.05, 0) is 6.42 Å². The highest BCUT2D eigenvalue weighted by Crippen LogP contribution is 2.32. The number of rotatable bonds is 0. The molecule has 0 unspecified atom stereocenters. The first-order valence-electron chi connectivity index (χ1n) is 3.88. The molecule has 2 heterocycles. The van der Waals surface area contributed by atoms with Crippen LogP contribution in [-0.4, -0.2) is 32.3 Å². The number of hydrogen-bond donors (Lipinski definition) is 2. The van der Waals surface area contributed by atoms with Gasteiger partial charge >= 0.3 is 0 Å². The maximum atomic E-state index is 5.91. The van der Waals surface area contributed by atoms with Crippen molar-refractivity contribution >= 4 is 0 Å². The van der Waals surface area contributed by atoms with Crippen LogP contribution in [0.5, 0.6) is 0 Å². The van der Waals surface area contributed by atoms with Crippen molar-refractivity contribution < 1.29 is 4.74 Å². The Bertz CT molecular complexity index is 134. The third kappa shape index (κ3) is 0.779. The van der Waals surface area contributed by atoms with Crippen LogP contribution < -0.4 is 11.1 Å². The van der Waals surface area contributed by atoms with Crippen LogP contribution in [0.3, 0.4) is 0 Å². The van der Waals surface area contributed by atoms with E-state index in [0.29, 0.717) is 5.41 Å². The molecule has 0 radical (unpaired) electrons. The highest BCUT2D eigenvalue weighted by atomic mass is 16.5. The Morgan fingerprint density at radius 3 is 2.70 bits per heavy atom. The van der Waals surface area contributed by atoms with Crippen molar-refractivity contribution in [3.8, 4) is 0 Å². The number of nitrogens with one attached hydrogen (secondary N) is 1. The van der Waals surface area contributed by atoms with Crippen LogP contribution >= 0.6 is 0 Å². The molecular weight excluding hydrogens is 128 g/mol. The topological polar surface area (TPSA) is 47.3 Å². The van der Waals surface area contributed by atoms with Crippen LogP contribution in [0.2, 0.25) is 0 Å². The van der Waals surface area contributed by atoms with Gasteiger partial charge in [0.05, 0.1) is 6.61 Å². The van der Waals surface area contributed by atoms with Gasteiger partial charge in [-0.1, -0.05) is 0 Å². The molecule has 0 aromatic carbocycles. The molecule has 0 amide bonds. The third-order valence-corrected chi connectivity index (χ3v) is 2.78. The molecule has 2 saturated heterocycles. The van der Waals surface area contributed by atoms with Crippen molar-refractivity contribution in [1.82, 2.24) is 5.32 Å². The molecule has 0 saturated carbocycles. The number of hydrogen-bond acceptors (Lipinski definition) is 3. The van der Waals surface area contributed by atoms with Crippen molar-refractivity contribution in [3.63, 3.8) is 0 Å². The second kappa shape index (κ2) is 2.19. The summed E-state index contributed by atoms with van der Waals surface area (Å²) in [5.74, 6) is 0.